The second kappa shape index (κ2) is 9.29. The highest BCUT2D eigenvalue weighted by molar-refractivity contribution is 5.87. The fourth-order valence-corrected chi connectivity index (χ4v) is 3.73. The van der Waals surface area contributed by atoms with Crippen molar-refractivity contribution in [3.8, 4) is 22.6 Å². The summed E-state index contributed by atoms with van der Waals surface area (Å²) in [5.74, 6) is 1.22. The Kier molecular flexibility index (Phi) is 6.27. The molecule has 1 saturated heterocycles. The highest BCUT2D eigenvalue weighted by atomic mass is 16.5. The number of hydrogen-bond acceptors (Lipinski definition) is 8. The molecular weight excluding hydrogens is 426 g/mol. The van der Waals surface area contributed by atoms with Gasteiger partial charge in [-0.3, -0.25) is 14.2 Å². The Balaban J connectivity index is 1.68. The van der Waals surface area contributed by atoms with Gasteiger partial charge >= 0.3 is 0 Å². The highest BCUT2D eigenvalue weighted by Crippen LogP contribution is 2.29. The van der Waals surface area contributed by atoms with Crippen LogP contribution in [0.5, 0.6) is 11.5 Å². The SMILES string of the molecule is C=CC(=O)N[C@H]1COC[C@H]1Nc1ncc2cc(-c3cc(OC)cc(OC)c3)c(=O)n(C)c2n1. The van der Waals surface area contributed by atoms with Crippen LogP contribution in [0.4, 0.5) is 5.95 Å². The summed E-state index contributed by atoms with van der Waals surface area (Å²) in [4.78, 5) is 33.8. The number of rotatable bonds is 7. The van der Waals surface area contributed by atoms with Gasteiger partial charge < -0.3 is 24.8 Å². The zero-order valence-electron chi connectivity index (χ0n) is 18.6. The van der Waals surface area contributed by atoms with Crippen molar-refractivity contribution in [2.24, 2.45) is 7.05 Å². The third kappa shape index (κ3) is 4.51. The fourth-order valence-electron chi connectivity index (χ4n) is 3.73. The lowest BCUT2D eigenvalue weighted by atomic mass is 10.1. The molecule has 2 atom stereocenters. The van der Waals surface area contributed by atoms with Gasteiger partial charge in [-0.2, -0.15) is 4.98 Å². The molecule has 10 heteroatoms. The van der Waals surface area contributed by atoms with Crippen LogP contribution in [0, 0.1) is 0 Å². The van der Waals surface area contributed by atoms with E-state index >= 15 is 0 Å². The van der Waals surface area contributed by atoms with Crippen molar-refractivity contribution in [1.29, 1.82) is 0 Å². The zero-order chi connectivity index (χ0) is 23.5. The van der Waals surface area contributed by atoms with E-state index in [9.17, 15) is 9.59 Å². The van der Waals surface area contributed by atoms with Gasteiger partial charge in [0.15, 0.2) is 0 Å². The van der Waals surface area contributed by atoms with Gasteiger partial charge in [0, 0.05) is 30.3 Å². The molecule has 0 radical (unpaired) electrons. The Bertz CT molecular complexity index is 1250. The van der Waals surface area contributed by atoms with E-state index in [4.69, 9.17) is 14.2 Å². The molecule has 2 N–H and O–H groups in total. The average molecular weight is 451 g/mol. The number of hydrogen-bond donors (Lipinski definition) is 2. The number of methoxy groups -OCH3 is 2. The molecule has 1 aliphatic heterocycles. The number of anilines is 1. The van der Waals surface area contributed by atoms with E-state index in [1.54, 1.807) is 51.7 Å². The molecule has 0 spiro atoms. The Morgan fingerprint density at radius 2 is 1.88 bits per heavy atom. The minimum atomic E-state index is -0.277. The van der Waals surface area contributed by atoms with Gasteiger partial charge in [0.05, 0.1) is 39.5 Å². The zero-order valence-corrected chi connectivity index (χ0v) is 18.6. The molecule has 0 bridgehead atoms. The van der Waals surface area contributed by atoms with E-state index in [1.807, 2.05) is 0 Å². The predicted molar refractivity (Wildman–Crippen MR) is 124 cm³/mol. The molecule has 0 unspecified atom stereocenters. The van der Waals surface area contributed by atoms with Gasteiger partial charge in [-0.25, -0.2) is 4.98 Å². The number of aromatic nitrogens is 3. The third-order valence-electron chi connectivity index (χ3n) is 5.52. The number of nitrogens with one attached hydrogen (secondary N) is 2. The fraction of sp³-hybridized carbons (Fsp3) is 0.304. The van der Waals surface area contributed by atoms with E-state index in [0.29, 0.717) is 52.8 Å². The number of pyridine rings is 1. The van der Waals surface area contributed by atoms with Crippen molar-refractivity contribution < 1.29 is 19.0 Å². The first-order chi connectivity index (χ1) is 15.9. The summed E-state index contributed by atoms with van der Waals surface area (Å²) in [6.45, 7) is 4.23. The van der Waals surface area contributed by atoms with Crippen LogP contribution >= 0.6 is 0 Å². The quantitative estimate of drug-likeness (QED) is 0.519. The topological polar surface area (TPSA) is 117 Å². The molecule has 0 aliphatic carbocycles. The first-order valence-corrected chi connectivity index (χ1v) is 10.3. The minimum absolute atomic E-state index is 0.216. The van der Waals surface area contributed by atoms with Crippen LogP contribution in [0.2, 0.25) is 0 Å². The minimum Gasteiger partial charge on any atom is -0.497 e. The van der Waals surface area contributed by atoms with E-state index < -0.39 is 0 Å². The first kappa shape index (κ1) is 22.3. The summed E-state index contributed by atoms with van der Waals surface area (Å²) in [6.07, 6.45) is 2.87. The van der Waals surface area contributed by atoms with Crippen molar-refractivity contribution in [2.45, 2.75) is 12.1 Å². The van der Waals surface area contributed by atoms with E-state index in [-0.39, 0.29) is 23.6 Å². The Morgan fingerprint density at radius 1 is 1.18 bits per heavy atom. The summed E-state index contributed by atoms with van der Waals surface area (Å²) in [7, 11) is 4.78. The van der Waals surface area contributed by atoms with E-state index in [2.05, 4.69) is 27.2 Å². The van der Waals surface area contributed by atoms with Crippen LogP contribution in [-0.4, -0.2) is 60.0 Å². The maximum Gasteiger partial charge on any atom is 0.259 e. The van der Waals surface area contributed by atoms with Crippen molar-refractivity contribution >= 4 is 22.9 Å². The molecule has 1 aromatic carbocycles. The van der Waals surface area contributed by atoms with E-state index in [0.717, 1.165) is 0 Å². The van der Waals surface area contributed by atoms with Gasteiger partial charge in [0.1, 0.15) is 17.1 Å². The number of ether oxygens (including phenoxy) is 3. The van der Waals surface area contributed by atoms with Crippen molar-refractivity contribution in [1.82, 2.24) is 19.9 Å². The summed E-state index contributed by atoms with van der Waals surface area (Å²) in [5.41, 5.74) is 1.40. The molecule has 3 heterocycles. The number of amides is 1. The molecular formula is C23H25N5O5. The van der Waals surface area contributed by atoms with Gasteiger partial charge in [0.25, 0.3) is 5.56 Å². The van der Waals surface area contributed by atoms with Crippen LogP contribution in [0.15, 0.2) is 47.9 Å². The average Bonchev–Trinajstić information content (AvgIpc) is 3.27. The van der Waals surface area contributed by atoms with E-state index in [1.165, 1.54) is 10.6 Å². The second-order valence-electron chi connectivity index (χ2n) is 7.60. The highest BCUT2D eigenvalue weighted by Gasteiger charge is 2.29. The smallest absolute Gasteiger partial charge is 0.259 e. The van der Waals surface area contributed by atoms with Crippen molar-refractivity contribution in [3.05, 3.63) is 53.5 Å². The van der Waals surface area contributed by atoms with Crippen molar-refractivity contribution in [2.75, 3.05) is 32.8 Å². The van der Waals surface area contributed by atoms with Crippen LogP contribution in [-0.2, 0) is 16.6 Å². The van der Waals surface area contributed by atoms with Crippen molar-refractivity contribution in [3.63, 3.8) is 0 Å². The standard InChI is InChI=1S/C23H25N5O5/c1-5-20(29)25-18-11-33-12-19(18)26-23-24-10-14-8-17(22(30)28(2)21(14)27-23)13-6-15(31-3)9-16(7-13)32-4/h5-10,18-19H,1,11-12H2,2-4H3,(H,25,29)(H,24,26,27)/t18-,19+/m0/s1. The number of fused-ring (bicyclic) bond motifs is 1. The molecule has 1 amide bonds. The van der Waals surface area contributed by atoms with Crippen LogP contribution < -0.4 is 25.7 Å². The lowest BCUT2D eigenvalue weighted by molar-refractivity contribution is -0.117. The number of nitrogens with zero attached hydrogens (tertiary/aromatic N) is 3. The van der Waals surface area contributed by atoms with Gasteiger partial charge in [-0.05, 0) is 29.8 Å². The van der Waals surface area contributed by atoms with Crippen LogP contribution in [0.3, 0.4) is 0 Å². The molecule has 4 rings (SSSR count). The molecule has 1 fully saturated rings. The Hall–Kier alpha value is -3.92. The monoisotopic (exact) mass is 451 g/mol. The largest absolute Gasteiger partial charge is 0.497 e. The molecule has 172 valence electrons. The molecule has 1 aliphatic rings. The third-order valence-corrected chi connectivity index (χ3v) is 5.52. The second-order valence-corrected chi connectivity index (χ2v) is 7.60. The maximum atomic E-state index is 13.2. The Morgan fingerprint density at radius 3 is 2.55 bits per heavy atom. The lowest BCUT2D eigenvalue weighted by Crippen LogP contribution is -2.45. The molecule has 33 heavy (non-hydrogen) atoms. The number of carbonyl (C=O) groups excluding carboxylic acids is 1. The van der Waals surface area contributed by atoms with Crippen LogP contribution in [0.25, 0.3) is 22.2 Å². The number of aryl methyl sites for hydroxylation is 1. The number of benzene rings is 1. The molecule has 2 aromatic heterocycles. The molecule has 0 saturated carbocycles. The summed E-state index contributed by atoms with van der Waals surface area (Å²) in [5, 5.41) is 6.71. The molecule has 10 nitrogen and oxygen atoms in total. The number of carbonyl (C=O) groups is 1. The summed E-state index contributed by atoms with van der Waals surface area (Å²) < 4.78 is 17.6. The summed E-state index contributed by atoms with van der Waals surface area (Å²) in [6, 6.07) is 6.59. The van der Waals surface area contributed by atoms with Crippen LogP contribution in [0.1, 0.15) is 0 Å². The van der Waals surface area contributed by atoms with Gasteiger partial charge in [-0.1, -0.05) is 6.58 Å². The van der Waals surface area contributed by atoms with Gasteiger partial charge in [0.2, 0.25) is 11.9 Å². The summed E-state index contributed by atoms with van der Waals surface area (Å²) >= 11 is 0. The normalized spacial score (nSPS) is 17.5. The predicted octanol–water partition coefficient (Wildman–Crippen LogP) is 1.49. The maximum absolute atomic E-state index is 13.2. The molecule has 3 aromatic rings. The Labute approximate surface area is 190 Å². The first-order valence-electron chi connectivity index (χ1n) is 10.3. The lowest BCUT2D eigenvalue weighted by Gasteiger charge is -2.20. The van der Waals surface area contributed by atoms with Gasteiger partial charge in [-0.15, -0.1) is 0 Å².